The van der Waals surface area contributed by atoms with Gasteiger partial charge in [0, 0.05) is 16.6 Å². The summed E-state index contributed by atoms with van der Waals surface area (Å²) in [5.74, 6) is -2.25. The Kier molecular flexibility index (Phi) is 8.06. The second kappa shape index (κ2) is 11.8. The number of guanidine groups is 1. The molecule has 0 aliphatic rings. The molecule has 4 aromatic carbocycles. The van der Waals surface area contributed by atoms with Crippen LogP contribution < -0.4 is 21.7 Å². The zero-order valence-corrected chi connectivity index (χ0v) is 20.8. The molecule has 0 radical (unpaired) electrons. The van der Waals surface area contributed by atoms with Gasteiger partial charge in [0.05, 0.1) is 19.0 Å². The Balaban J connectivity index is 1.45. The lowest BCUT2D eigenvalue weighted by Gasteiger charge is -2.18. The SMILES string of the molecule is N=C(N)Nc1cccc(C(=O)NCC(=O)N[C@@H](CC(=O)O)c2ccc(-c3ccc(O)c4ccccc34)cc2)c1. The topological polar surface area (TPSA) is 178 Å². The third-order valence-electron chi connectivity index (χ3n) is 6.05. The van der Waals surface area contributed by atoms with E-state index < -0.39 is 23.8 Å². The van der Waals surface area contributed by atoms with Crippen molar-refractivity contribution in [3.05, 3.63) is 96.1 Å². The second-order valence-corrected chi connectivity index (χ2v) is 8.82. The van der Waals surface area contributed by atoms with E-state index in [-0.39, 0.29) is 30.2 Å². The highest BCUT2D eigenvalue weighted by atomic mass is 16.4. The number of carboxylic acids is 1. The maximum atomic E-state index is 12.6. The molecule has 39 heavy (non-hydrogen) atoms. The molecule has 1 atom stereocenters. The van der Waals surface area contributed by atoms with Crippen molar-refractivity contribution >= 4 is 40.2 Å². The summed E-state index contributed by atoms with van der Waals surface area (Å²) in [5.41, 5.74) is 8.37. The summed E-state index contributed by atoms with van der Waals surface area (Å²) in [4.78, 5) is 36.6. The number of phenolic OH excluding ortho intramolecular Hbond substituents is 1. The molecular formula is C29H27N5O5. The molecule has 0 aromatic heterocycles. The van der Waals surface area contributed by atoms with Crippen molar-refractivity contribution < 1.29 is 24.6 Å². The number of anilines is 1. The standard InChI is InChI=1S/C29H27N5O5/c30-29(31)33-20-5-3-4-19(14-20)28(39)32-16-26(36)34-24(15-27(37)38)18-10-8-17(9-11-18)21-12-13-25(35)23-7-2-1-6-22(21)23/h1-14,24,35H,15-16H2,(H,32,39)(H,34,36)(H,37,38)(H4,30,31,33)/t24-/m0/s1. The highest BCUT2D eigenvalue weighted by Crippen LogP contribution is 2.34. The van der Waals surface area contributed by atoms with Crippen LogP contribution in [0.15, 0.2) is 84.9 Å². The van der Waals surface area contributed by atoms with Crippen LogP contribution in [0.25, 0.3) is 21.9 Å². The van der Waals surface area contributed by atoms with Crippen molar-refractivity contribution in [2.75, 3.05) is 11.9 Å². The fourth-order valence-corrected chi connectivity index (χ4v) is 4.26. The van der Waals surface area contributed by atoms with Gasteiger partial charge < -0.3 is 31.9 Å². The lowest BCUT2D eigenvalue weighted by atomic mass is 9.95. The number of benzene rings is 4. The number of carbonyl (C=O) groups excluding carboxylic acids is 2. The number of fused-ring (bicyclic) bond motifs is 1. The Hall–Kier alpha value is -5.38. The summed E-state index contributed by atoms with van der Waals surface area (Å²) in [6, 6.07) is 23.5. The Morgan fingerprint density at radius 1 is 0.897 bits per heavy atom. The minimum absolute atomic E-state index is 0.183. The van der Waals surface area contributed by atoms with E-state index in [1.807, 2.05) is 42.5 Å². The van der Waals surface area contributed by atoms with E-state index >= 15 is 0 Å². The van der Waals surface area contributed by atoms with Gasteiger partial charge in [-0.1, -0.05) is 60.7 Å². The molecule has 0 fully saturated rings. The Morgan fingerprint density at radius 3 is 2.31 bits per heavy atom. The largest absolute Gasteiger partial charge is 0.507 e. The van der Waals surface area contributed by atoms with Crippen molar-refractivity contribution in [2.45, 2.75) is 12.5 Å². The molecular weight excluding hydrogens is 498 g/mol. The lowest BCUT2D eigenvalue weighted by molar-refractivity contribution is -0.137. The maximum absolute atomic E-state index is 12.6. The maximum Gasteiger partial charge on any atom is 0.305 e. The number of aliphatic carboxylic acids is 1. The number of amides is 2. The summed E-state index contributed by atoms with van der Waals surface area (Å²) in [7, 11) is 0. The van der Waals surface area contributed by atoms with Gasteiger partial charge in [-0.15, -0.1) is 0 Å². The summed E-state index contributed by atoms with van der Waals surface area (Å²) in [6.45, 7) is -0.364. The molecule has 10 nitrogen and oxygen atoms in total. The molecule has 0 heterocycles. The van der Waals surface area contributed by atoms with Gasteiger partial charge in [-0.25, -0.2) is 0 Å². The second-order valence-electron chi connectivity index (χ2n) is 8.82. The first-order valence-electron chi connectivity index (χ1n) is 12.0. The molecule has 0 aliphatic heterocycles. The number of hydrogen-bond acceptors (Lipinski definition) is 5. The number of nitrogens with one attached hydrogen (secondary N) is 4. The summed E-state index contributed by atoms with van der Waals surface area (Å²) in [6.07, 6.45) is -0.347. The summed E-state index contributed by atoms with van der Waals surface area (Å²) >= 11 is 0. The van der Waals surface area contributed by atoms with Crippen LogP contribution in [0.2, 0.25) is 0 Å². The van der Waals surface area contributed by atoms with Crippen LogP contribution in [0.3, 0.4) is 0 Å². The van der Waals surface area contributed by atoms with Crippen LogP contribution in [0, 0.1) is 5.41 Å². The molecule has 4 aromatic rings. The molecule has 2 amide bonds. The minimum Gasteiger partial charge on any atom is -0.507 e. The predicted octanol–water partition coefficient (Wildman–Crippen LogP) is 3.58. The van der Waals surface area contributed by atoms with E-state index in [9.17, 15) is 24.6 Å². The molecule has 8 N–H and O–H groups in total. The number of aromatic hydroxyl groups is 1. The Labute approximate surface area is 224 Å². The fraction of sp³-hybridized carbons (Fsp3) is 0.103. The highest BCUT2D eigenvalue weighted by Gasteiger charge is 2.19. The number of nitrogens with two attached hydrogens (primary N) is 1. The Morgan fingerprint density at radius 2 is 1.62 bits per heavy atom. The first kappa shape index (κ1) is 26.7. The molecule has 0 bridgehead atoms. The average Bonchev–Trinajstić information content (AvgIpc) is 2.91. The van der Waals surface area contributed by atoms with Crippen molar-refractivity contribution in [3.8, 4) is 16.9 Å². The number of hydrogen-bond donors (Lipinski definition) is 7. The van der Waals surface area contributed by atoms with E-state index in [0.29, 0.717) is 11.3 Å². The normalized spacial score (nSPS) is 11.4. The highest BCUT2D eigenvalue weighted by molar-refractivity contribution is 6.00. The lowest BCUT2D eigenvalue weighted by Crippen LogP contribution is -2.39. The predicted molar refractivity (Wildman–Crippen MR) is 148 cm³/mol. The summed E-state index contributed by atoms with van der Waals surface area (Å²) < 4.78 is 0. The smallest absolute Gasteiger partial charge is 0.305 e. The number of phenols is 1. The number of carbonyl (C=O) groups is 3. The molecule has 0 unspecified atom stereocenters. The molecule has 198 valence electrons. The van der Waals surface area contributed by atoms with Crippen LogP contribution in [0.4, 0.5) is 5.69 Å². The van der Waals surface area contributed by atoms with Crippen LogP contribution in [0.1, 0.15) is 28.4 Å². The quantitative estimate of drug-likeness (QED) is 0.129. The summed E-state index contributed by atoms with van der Waals surface area (Å²) in [5, 5.41) is 36.3. The molecule has 10 heteroatoms. The number of rotatable bonds is 9. The third kappa shape index (κ3) is 6.69. The van der Waals surface area contributed by atoms with Gasteiger partial charge in [-0.3, -0.25) is 19.8 Å². The van der Waals surface area contributed by atoms with Gasteiger partial charge in [0.1, 0.15) is 5.75 Å². The molecule has 0 saturated carbocycles. The third-order valence-corrected chi connectivity index (χ3v) is 6.05. The van der Waals surface area contributed by atoms with E-state index in [4.69, 9.17) is 11.1 Å². The van der Waals surface area contributed by atoms with Crippen molar-refractivity contribution in [1.29, 1.82) is 5.41 Å². The van der Waals surface area contributed by atoms with Crippen LogP contribution in [0.5, 0.6) is 5.75 Å². The van der Waals surface area contributed by atoms with E-state index in [2.05, 4.69) is 16.0 Å². The van der Waals surface area contributed by atoms with Crippen molar-refractivity contribution in [3.63, 3.8) is 0 Å². The van der Waals surface area contributed by atoms with Gasteiger partial charge in [-0.2, -0.15) is 0 Å². The van der Waals surface area contributed by atoms with Crippen LogP contribution in [-0.2, 0) is 9.59 Å². The zero-order chi connectivity index (χ0) is 27.9. The molecule has 0 saturated heterocycles. The minimum atomic E-state index is -1.09. The zero-order valence-electron chi connectivity index (χ0n) is 20.8. The monoisotopic (exact) mass is 525 g/mol. The first-order valence-corrected chi connectivity index (χ1v) is 12.0. The Bertz CT molecular complexity index is 1550. The van der Waals surface area contributed by atoms with Gasteiger partial charge in [-0.05, 0) is 46.3 Å². The van der Waals surface area contributed by atoms with E-state index in [1.54, 1.807) is 36.4 Å². The molecule has 4 rings (SSSR count). The van der Waals surface area contributed by atoms with Crippen LogP contribution in [-0.4, -0.2) is 40.5 Å². The van der Waals surface area contributed by atoms with Crippen LogP contribution >= 0.6 is 0 Å². The first-order chi connectivity index (χ1) is 18.7. The van der Waals surface area contributed by atoms with E-state index in [1.165, 1.54) is 6.07 Å². The fourth-order valence-electron chi connectivity index (χ4n) is 4.26. The van der Waals surface area contributed by atoms with Gasteiger partial charge in [0.25, 0.3) is 5.91 Å². The average molecular weight is 526 g/mol. The van der Waals surface area contributed by atoms with E-state index in [0.717, 1.165) is 21.9 Å². The van der Waals surface area contributed by atoms with Gasteiger partial charge in [0.2, 0.25) is 5.91 Å². The molecule has 0 aliphatic carbocycles. The molecule has 0 spiro atoms. The van der Waals surface area contributed by atoms with Crippen molar-refractivity contribution in [1.82, 2.24) is 10.6 Å². The number of carboxylic acid groups (broad SMARTS) is 1. The van der Waals surface area contributed by atoms with Crippen molar-refractivity contribution in [2.24, 2.45) is 5.73 Å². The van der Waals surface area contributed by atoms with Gasteiger partial charge in [0.15, 0.2) is 5.96 Å². The van der Waals surface area contributed by atoms with Gasteiger partial charge >= 0.3 is 5.97 Å².